The molecule has 0 saturated heterocycles. The summed E-state index contributed by atoms with van der Waals surface area (Å²) in [6.07, 6.45) is 1.70. The number of nitrogens with zero attached hydrogens (tertiary/aromatic N) is 1. The Morgan fingerprint density at radius 2 is 1.96 bits per heavy atom. The van der Waals surface area contributed by atoms with Crippen LogP contribution in [0.1, 0.15) is 29.1 Å². The summed E-state index contributed by atoms with van der Waals surface area (Å²) in [6.45, 7) is 1.76. The van der Waals surface area contributed by atoms with Gasteiger partial charge in [-0.2, -0.15) is 0 Å². The van der Waals surface area contributed by atoms with Gasteiger partial charge in [0.1, 0.15) is 11.6 Å². The summed E-state index contributed by atoms with van der Waals surface area (Å²) < 4.78 is 13.8. The van der Waals surface area contributed by atoms with Crippen molar-refractivity contribution in [2.75, 3.05) is 0 Å². The fraction of sp³-hybridized carbons (Fsp3) is 0.111. The molecule has 0 aliphatic heterocycles. The number of hydrogen-bond donors (Lipinski definition) is 2. The minimum atomic E-state index is -0.656. The van der Waals surface area contributed by atoms with E-state index >= 15 is 0 Å². The van der Waals surface area contributed by atoms with Crippen molar-refractivity contribution in [3.63, 3.8) is 0 Å². The van der Waals surface area contributed by atoms with E-state index in [0.717, 1.165) is 11.3 Å². The van der Waals surface area contributed by atoms with Gasteiger partial charge >= 0.3 is 0 Å². The molecule has 3 aromatic rings. The smallest absolute Gasteiger partial charge is 0.256 e. The number of halogens is 2. The fourth-order valence-corrected chi connectivity index (χ4v) is 2.62. The molecule has 0 aliphatic rings. The van der Waals surface area contributed by atoms with Gasteiger partial charge in [-0.15, -0.1) is 0 Å². The minimum Gasteiger partial charge on any atom is -0.342 e. The summed E-state index contributed by atoms with van der Waals surface area (Å²) in [7, 11) is 0. The van der Waals surface area contributed by atoms with Crippen molar-refractivity contribution in [1.82, 2.24) is 15.3 Å². The maximum atomic E-state index is 13.8. The maximum absolute atomic E-state index is 13.8. The highest BCUT2D eigenvalue weighted by molar-refractivity contribution is 6.33. The molecular weight excluding hydrogens is 329 g/mol. The van der Waals surface area contributed by atoms with Gasteiger partial charge in [0.05, 0.1) is 28.5 Å². The van der Waals surface area contributed by atoms with Crippen LogP contribution in [0.3, 0.4) is 0 Å². The largest absolute Gasteiger partial charge is 0.342 e. The molecule has 2 aromatic carbocycles. The molecule has 3 rings (SSSR count). The molecule has 122 valence electrons. The van der Waals surface area contributed by atoms with Gasteiger partial charge in [-0.05, 0) is 24.6 Å². The second-order valence-electron chi connectivity index (χ2n) is 5.34. The van der Waals surface area contributed by atoms with Crippen molar-refractivity contribution in [2.24, 2.45) is 0 Å². The van der Waals surface area contributed by atoms with Gasteiger partial charge < -0.3 is 10.3 Å². The SMILES string of the molecule is CC(NC(=O)c1c(F)cccc1Cl)c1ncc(-c2ccccc2)[nH]1. The molecule has 0 saturated carbocycles. The number of imidazole rings is 1. The number of hydrogen-bond acceptors (Lipinski definition) is 2. The molecule has 0 spiro atoms. The molecule has 4 nitrogen and oxygen atoms in total. The number of aromatic nitrogens is 2. The van der Waals surface area contributed by atoms with Crippen LogP contribution >= 0.6 is 11.6 Å². The number of carbonyl (C=O) groups excluding carboxylic acids is 1. The predicted molar refractivity (Wildman–Crippen MR) is 91.3 cm³/mol. The topological polar surface area (TPSA) is 57.8 Å². The Morgan fingerprint density at radius 1 is 1.21 bits per heavy atom. The predicted octanol–water partition coefficient (Wildman–Crippen LogP) is 4.36. The van der Waals surface area contributed by atoms with Crippen molar-refractivity contribution in [2.45, 2.75) is 13.0 Å². The Bertz CT molecular complexity index is 843. The quantitative estimate of drug-likeness (QED) is 0.739. The zero-order valence-corrected chi connectivity index (χ0v) is 13.6. The Balaban J connectivity index is 1.77. The van der Waals surface area contributed by atoms with Crippen LogP contribution in [-0.4, -0.2) is 15.9 Å². The summed E-state index contributed by atoms with van der Waals surface area (Å²) in [4.78, 5) is 19.7. The molecule has 1 unspecified atom stereocenters. The standard InChI is InChI=1S/C18H15ClFN3O/c1-11(22-18(24)16-13(19)8-5-9-14(16)20)17-21-10-15(23-17)12-6-3-2-4-7-12/h2-11H,1H3,(H,21,23)(H,22,24). The van der Waals surface area contributed by atoms with E-state index in [1.807, 2.05) is 30.3 Å². The lowest BCUT2D eigenvalue weighted by Gasteiger charge is -2.13. The molecule has 0 radical (unpaired) electrons. The normalized spacial score (nSPS) is 12.0. The lowest BCUT2D eigenvalue weighted by Crippen LogP contribution is -2.28. The van der Waals surface area contributed by atoms with Crippen LogP contribution in [0.2, 0.25) is 5.02 Å². The summed E-state index contributed by atoms with van der Waals surface area (Å²) in [6, 6.07) is 13.4. The molecule has 6 heteroatoms. The zero-order valence-electron chi connectivity index (χ0n) is 12.9. The Labute approximate surface area is 143 Å². The Hall–Kier alpha value is -2.66. The third kappa shape index (κ3) is 3.31. The molecule has 0 aliphatic carbocycles. The van der Waals surface area contributed by atoms with Gasteiger partial charge in [0, 0.05) is 0 Å². The maximum Gasteiger partial charge on any atom is 0.256 e. The van der Waals surface area contributed by atoms with Crippen LogP contribution in [0, 0.1) is 5.82 Å². The van der Waals surface area contributed by atoms with Crippen LogP contribution in [0.4, 0.5) is 4.39 Å². The second-order valence-corrected chi connectivity index (χ2v) is 5.75. The van der Waals surface area contributed by atoms with Crippen LogP contribution in [0.25, 0.3) is 11.3 Å². The Morgan fingerprint density at radius 3 is 2.67 bits per heavy atom. The first-order chi connectivity index (χ1) is 11.6. The van der Waals surface area contributed by atoms with Gasteiger partial charge in [0.25, 0.3) is 5.91 Å². The lowest BCUT2D eigenvalue weighted by atomic mass is 10.1. The summed E-state index contributed by atoms with van der Waals surface area (Å²) in [5, 5.41) is 2.78. The first-order valence-electron chi connectivity index (χ1n) is 7.41. The monoisotopic (exact) mass is 343 g/mol. The molecule has 0 bridgehead atoms. The van der Waals surface area contributed by atoms with Crippen molar-refractivity contribution >= 4 is 17.5 Å². The molecule has 1 atom stereocenters. The fourth-order valence-electron chi connectivity index (χ4n) is 2.37. The van der Waals surface area contributed by atoms with Gasteiger partial charge in [-0.1, -0.05) is 48.0 Å². The second kappa shape index (κ2) is 6.84. The first kappa shape index (κ1) is 16.2. The van der Waals surface area contributed by atoms with Crippen molar-refractivity contribution < 1.29 is 9.18 Å². The molecule has 24 heavy (non-hydrogen) atoms. The average molecular weight is 344 g/mol. The number of carbonyl (C=O) groups is 1. The van der Waals surface area contributed by atoms with Crippen LogP contribution in [0.15, 0.2) is 54.7 Å². The van der Waals surface area contributed by atoms with E-state index in [4.69, 9.17) is 11.6 Å². The van der Waals surface area contributed by atoms with Crippen molar-refractivity contribution in [3.05, 3.63) is 77.0 Å². The number of H-pyrrole nitrogens is 1. The molecule has 1 aromatic heterocycles. The van der Waals surface area contributed by atoms with Crippen LogP contribution in [0.5, 0.6) is 0 Å². The third-order valence-electron chi connectivity index (χ3n) is 3.63. The highest BCUT2D eigenvalue weighted by Crippen LogP contribution is 2.21. The summed E-state index contributed by atoms with van der Waals surface area (Å²) in [5.74, 6) is -0.658. The van der Waals surface area contributed by atoms with E-state index in [9.17, 15) is 9.18 Å². The van der Waals surface area contributed by atoms with E-state index in [0.29, 0.717) is 5.82 Å². The van der Waals surface area contributed by atoms with Crippen LogP contribution < -0.4 is 5.32 Å². The van der Waals surface area contributed by atoms with Gasteiger partial charge in [-0.3, -0.25) is 4.79 Å². The minimum absolute atomic E-state index is 0.0733. The number of benzene rings is 2. The number of nitrogens with one attached hydrogen (secondary N) is 2. The zero-order chi connectivity index (χ0) is 17.1. The molecule has 1 amide bonds. The molecule has 2 N–H and O–H groups in total. The highest BCUT2D eigenvalue weighted by Gasteiger charge is 2.19. The number of amides is 1. The first-order valence-corrected chi connectivity index (χ1v) is 7.79. The molecule has 1 heterocycles. The average Bonchev–Trinajstić information content (AvgIpc) is 3.05. The van der Waals surface area contributed by atoms with Crippen molar-refractivity contribution in [1.29, 1.82) is 0 Å². The Kier molecular flexibility index (Phi) is 4.62. The van der Waals surface area contributed by atoms with E-state index in [-0.39, 0.29) is 10.6 Å². The van der Waals surface area contributed by atoms with Gasteiger partial charge in [0.2, 0.25) is 0 Å². The van der Waals surface area contributed by atoms with E-state index < -0.39 is 17.8 Å². The van der Waals surface area contributed by atoms with E-state index in [1.165, 1.54) is 18.2 Å². The van der Waals surface area contributed by atoms with Crippen LogP contribution in [-0.2, 0) is 0 Å². The number of rotatable bonds is 4. The van der Waals surface area contributed by atoms with E-state index in [1.54, 1.807) is 13.1 Å². The molecule has 0 fully saturated rings. The lowest BCUT2D eigenvalue weighted by molar-refractivity contribution is 0.0934. The van der Waals surface area contributed by atoms with Gasteiger partial charge in [-0.25, -0.2) is 9.37 Å². The molecular formula is C18H15ClFN3O. The van der Waals surface area contributed by atoms with Gasteiger partial charge in [0.15, 0.2) is 0 Å². The highest BCUT2D eigenvalue weighted by atomic mass is 35.5. The summed E-state index contributed by atoms with van der Waals surface area (Å²) >= 11 is 5.91. The summed E-state index contributed by atoms with van der Waals surface area (Å²) in [5.41, 5.74) is 1.67. The number of aromatic amines is 1. The van der Waals surface area contributed by atoms with Crippen molar-refractivity contribution in [3.8, 4) is 11.3 Å². The van der Waals surface area contributed by atoms with E-state index in [2.05, 4.69) is 15.3 Å². The third-order valence-corrected chi connectivity index (χ3v) is 3.94.